The van der Waals surface area contributed by atoms with Crippen LogP contribution in [0, 0.1) is 40.7 Å². The molecule has 2 aliphatic carbocycles. The van der Waals surface area contributed by atoms with Gasteiger partial charge in [-0.25, -0.2) is 9.78 Å². The lowest BCUT2D eigenvalue weighted by atomic mass is 9.85. The Morgan fingerprint density at radius 3 is 2.24 bits per heavy atom. The van der Waals surface area contributed by atoms with Crippen LogP contribution < -0.4 is 4.90 Å². The molecular formula is C34H24ClN3O7. The molecule has 2 fully saturated rings. The lowest BCUT2D eigenvalue weighted by molar-refractivity contribution is -0.384. The highest BCUT2D eigenvalue weighted by Gasteiger charge is 2.59. The minimum Gasteiger partial charge on any atom is -0.454 e. The van der Waals surface area contributed by atoms with Crippen LogP contribution in [0.2, 0.25) is 5.02 Å². The quantitative estimate of drug-likeness (QED) is 0.0601. The number of esters is 1. The number of ether oxygens (including phenoxy) is 1. The fraction of sp³-hybridized carbons (Fsp3) is 0.206. The Morgan fingerprint density at radius 1 is 0.978 bits per heavy atom. The molecule has 1 saturated heterocycles. The highest BCUT2D eigenvalue weighted by Crippen LogP contribution is 2.53. The molecule has 4 unspecified atom stereocenters. The minimum absolute atomic E-state index is 0.111. The van der Waals surface area contributed by atoms with Crippen molar-refractivity contribution in [3.05, 3.63) is 111 Å². The molecule has 0 spiro atoms. The summed E-state index contributed by atoms with van der Waals surface area (Å²) in [4.78, 5) is 69.0. The lowest BCUT2D eigenvalue weighted by Gasteiger charge is -2.18. The van der Waals surface area contributed by atoms with Gasteiger partial charge in [-0.15, -0.1) is 0 Å². The molecule has 45 heavy (non-hydrogen) atoms. The molecule has 4 aromatic rings. The van der Waals surface area contributed by atoms with Crippen LogP contribution in [0.3, 0.4) is 0 Å². The van der Waals surface area contributed by atoms with E-state index in [1.54, 1.807) is 49.4 Å². The summed E-state index contributed by atoms with van der Waals surface area (Å²) in [5, 5.41) is 11.8. The van der Waals surface area contributed by atoms with Crippen molar-refractivity contribution < 1.29 is 28.8 Å². The summed E-state index contributed by atoms with van der Waals surface area (Å²) in [6.07, 6.45) is 4.96. The first kappa shape index (κ1) is 28.5. The smallest absolute Gasteiger partial charge is 0.339 e. The predicted molar refractivity (Wildman–Crippen MR) is 165 cm³/mol. The van der Waals surface area contributed by atoms with E-state index in [9.17, 15) is 29.3 Å². The highest BCUT2D eigenvalue weighted by molar-refractivity contribution is 6.32. The molecule has 10 nitrogen and oxygen atoms in total. The molecule has 0 N–H and O–H groups in total. The van der Waals surface area contributed by atoms with Crippen molar-refractivity contribution in [2.75, 3.05) is 11.5 Å². The number of halogens is 1. The topological polar surface area (TPSA) is 137 Å². The SMILES string of the molecule is Cc1c(Cl)ccc2c(C(=O)OCC(=O)c3ccc([N+](=O)[O-])cc3)cc(-c3ccc(N4C(=O)C5C6C=CC(C6)C5C4=O)cc3)nc12. The van der Waals surface area contributed by atoms with Gasteiger partial charge in [-0.2, -0.15) is 0 Å². The monoisotopic (exact) mass is 621 g/mol. The summed E-state index contributed by atoms with van der Waals surface area (Å²) in [6, 6.07) is 16.7. The van der Waals surface area contributed by atoms with Crippen molar-refractivity contribution in [3.8, 4) is 11.3 Å². The summed E-state index contributed by atoms with van der Waals surface area (Å²) in [5.74, 6) is -2.01. The summed E-state index contributed by atoms with van der Waals surface area (Å²) >= 11 is 6.39. The summed E-state index contributed by atoms with van der Waals surface area (Å²) in [7, 11) is 0. The second-order valence-electron chi connectivity index (χ2n) is 11.5. The van der Waals surface area contributed by atoms with E-state index in [0.717, 1.165) is 6.42 Å². The van der Waals surface area contributed by atoms with Crippen molar-refractivity contribution in [2.45, 2.75) is 13.3 Å². The number of imide groups is 1. The number of hydrogen-bond acceptors (Lipinski definition) is 8. The maximum atomic E-state index is 13.4. The Balaban J connectivity index is 1.17. The van der Waals surface area contributed by atoms with E-state index in [4.69, 9.17) is 21.3 Å². The van der Waals surface area contributed by atoms with Crippen LogP contribution >= 0.6 is 11.6 Å². The predicted octanol–water partition coefficient (Wildman–Crippen LogP) is 6.12. The molecule has 2 bridgehead atoms. The lowest BCUT2D eigenvalue weighted by Crippen LogP contribution is -2.32. The van der Waals surface area contributed by atoms with E-state index in [1.165, 1.54) is 29.2 Å². The number of ketones is 1. The number of nitro groups is 1. The van der Waals surface area contributed by atoms with Crippen LogP contribution in [0.5, 0.6) is 0 Å². The number of aromatic nitrogens is 1. The van der Waals surface area contributed by atoms with Gasteiger partial charge in [0, 0.05) is 33.7 Å². The number of aryl methyl sites for hydroxylation is 1. The van der Waals surface area contributed by atoms with Gasteiger partial charge in [-0.3, -0.25) is 29.4 Å². The summed E-state index contributed by atoms with van der Waals surface area (Å²) in [5.41, 5.74) is 2.81. The van der Waals surface area contributed by atoms with Crippen LogP contribution in [-0.4, -0.2) is 40.1 Å². The zero-order valence-corrected chi connectivity index (χ0v) is 24.6. The number of amides is 2. The molecule has 224 valence electrons. The number of nitro benzene ring substituents is 1. The fourth-order valence-corrected chi connectivity index (χ4v) is 6.87. The first-order valence-corrected chi connectivity index (χ1v) is 14.7. The maximum Gasteiger partial charge on any atom is 0.339 e. The average Bonchev–Trinajstić information content (AvgIpc) is 3.74. The molecule has 11 heteroatoms. The van der Waals surface area contributed by atoms with Crippen LogP contribution in [-0.2, 0) is 14.3 Å². The number of carbonyl (C=O) groups is 4. The van der Waals surface area contributed by atoms with E-state index in [2.05, 4.69) is 12.2 Å². The number of anilines is 1. The number of hydrogen-bond donors (Lipinski definition) is 0. The number of allylic oxidation sites excluding steroid dienone is 2. The van der Waals surface area contributed by atoms with Crippen molar-refractivity contribution in [2.24, 2.45) is 23.7 Å². The summed E-state index contributed by atoms with van der Waals surface area (Å²) in [6.45, 7) is 1.20. The molecule has 1 aromatic heterocycles. The first-order chi connectivity index (χ1) is 21.6. The Hall–Kier alpha value is -5.22. The van der Waals surface area contributed by atoms with E-state index in [-0.39, 0.29) is 52.3 Å². The zero-order chi connectivity index (χ0) is 31.6. The third-order valence-electron chi connectivity index (χ3n) is 9.01. The number of nitrogens with zero attached hydrogens (tertiary/aromatic N) is 3. The van der Waals surface area contributed by atoms with Gasteiger partial charge in [0.2, 0.25) is 11.8 Å². The number of non-ortho nitro benzene ring substituents is 1. The van der Waals surface area contributed by atoms with Crippen LogP contribution in [0.25, 0.3) is 22.2 Å². The Kier molecular flexibility index (Phi) is 6.81. The van der Waals surface area contributed by atoms with Crippen molar-refractivity contribution in [1.82, 2.24) is 4.98 Å². The highest BCUT2D eigenvalue weighted by atomic mass is 35.5. The minimum atomic E-state index is -0.764. The van der Waals surface area contributed by atoms with Crippen molar-refractivity contribution in [3.63, 3.8) is 0 Å². The number of benzene rings is 3. The molecule has 1 saturated carbocycles. The number of carbonyl (C=O) groups excluding carboxylic acids is 4. The number of pyridine rings is 1. The van der Waals surface area contributed by atoms with Gasteiger partial charge in [0.05, 0.1) is 39.2 Å². The largest absolute Gasteiger partial charge is 0.454 e. The van der Waals surface area contributed by atoms with E-state index in [1.807, 2.05) is 0 Å². The second-order valence-corrected chi connectivity index (χ2v) is 11.9. The average molecular weight is 622 g/mol. The molecular weight excluding hydrogens is 598 g/mol. The fourth-order valence-electron chi connectivity index (χ4n) is 6.72. The number of fused-ring (bicyclic) bond motifs is 6. The molecule has 7 rings (SSSR count). The van der Waals surface area contributed by atoms with Crippen molar-refractivity contribution >= 4 is 57.4 Å². The van der Waals surface area contributed by atoms with Crippen LogP contribution in [0.15, 0.2) is 78.9 Å². The Morgan fingerprint density at radius 2 is 1.62 bits per heavy atom. The van der Waals surface area contributed by atoms with E-state index < -0.39 is 23.3 Å². The van der Waals surface area contributed by atoms with Gasteiger partial charge in [-0.1, -0.05) is 42.0 Å². The molecule has 0 radical (unpaired) electrons. The normalized spacial score (nSPS) is 21.4. The molecule has 3 aliphatic rings. The van der Waals surface area contributed by atoms with Crippen molar-refractivity contribution in [1.29, 1.82) is 0 Å². The van der Waals surface area contributed by atoms with Crippen LogP contribution in [0.4, 0.5) is 11.4 Å². The Bertz CT molecular complexity index is 1960. The zero-order valence-electron chi connectivity index (χ0n) is 23.8. The number of rotatable bonds is 7. The standard InChI is InChI=1S/C34H24ClN3O7/c1-17-26(35)13-12-24-25(34(42)45-16-28(39)19-6-10-23(11-7-19)38(43)44)15-27(36-31(17)24)18-4-8-22(9-5-18)37-32(40)29-20-2-3-21(14-20)30(29)33(37)41/h2-13,15,20-21,29-30H,14,16H2,1H3. The van der Waals surface area contributed by atoms with Gasteiger partial charge in [0.25, 0.3) is 5.69 Å². The third kappa shape index (κ3) is 4.69. The summed E-state index contributed by atoms with van der Waals surface area (Å²) < 4.78 is 5.39. The van der Waals surface area contributed by atoms with Gasteiger partial charge >= 0.3 is 5.97 Å². The molecule has 1 aliphatic heterocycles. The number of Topliss-reactive ketones (excluding diaryl/α,β-unsaturated/α-hetero) is 1. The third-order valence-corrected chi connectivity index (χ3v) is 9.42. The molecule has 2 heterocycles. The second kappa shape index (κ2) is 10.7. The van der Waals surface area contributed by atoms with E-state index in [0.29, 0.717) is 38.4 Å². The maximum absolute atomic E-state index is 13.4. The first-order valence-electron chi connectivity index (χ1n) is 14.3. The van der Waals surface area contributed by atoms with Gasteiger partial charge in [-0.05, 0) is 67.1 Å². The van der Waals surface area contributed by atoms with Crippen LogP contribution in [0.1, 0.15) is 32.7 Å². The van der Waals surface area contributed by atoms with E-state index >= 15 is 0 Å². The Labute approximate surface area is 261 Å². The molecule has 3 aromatic carbocycles. The molecule has 4 atom stereocenters. The van der Waals surface area contributed by atoms with Gasteiger partial charge in [0.1, 0.15) is 0 Å². The van der Waals surface area contributed by atoms with Gasteiger partial charge < -0.3 is 4.74 Å². The molecule has 2 amide bonds. The van der Waals surface area contributed by atoms with Gasteiger partial charge in [0.15, 0.2) is 12.4 Å².